The lowest BCUT2D eigenvalue weighted by Crippen LogP contribution is -2.13. The molecule has 0 unspecified atom stereocenters. The molecule has 0 aromatic heterocycles. The number of anilines is 2. The number of hydrogen-bond donors (Lipinski definition) is 2. The smallest absolute Gasteiger partial charge is 0.262 e. The molecule has 0 saturated heterocycles. The number of nitrogens with two attached hydrogens (primary N) is 1. The second-order valence-corrected chi connectivity index (χ2v) is 5.70. The Morgan fingerprint density at radius 2 is 1.95 bits per heavy atom. The summed E-state index contributed by atoms with van der Waals surface area (Å²) in [7, 11) is -2.44. The van der Waals surface area contributed by atoms with Gasteiger partial charge >= 0.3 is 0 Å². The molecule has 0 fully saturated rings. The minimum Gasteiger partial charge on any atom is -0.495 e. The molecule has 0 amide bonds. The normalized spacial score (nSPS) is 11.1. The van der Waals surface area contributed by atoms with Gasteiger partial charge in [0.25, 0.3) is 10.0 Å². The van der Waals surface area contributed by atoms with Crippen molar-refractivity contribution in [3.8, 4) is 5.75 Å². The van der Waals surface area contributed by atoms with Crippen molar-refractivity contribution >= 4 is 21.4 Å². The fourth-order valence-corrected chi connectivity index (χ4v) is 2.69. The van der Waals surface area contributed by atoms with Crippen LogP contribution in [0.3, 0.4) is 0 Å². The number of ether oxygens (including phenoxy) is 1. The Bertz CT molecular complexity index is 732. The molecule has 0 saturated carbocycles. The van der Waals surface area contributed by atoms with Gasteiger partial charge in [-0.15, -0.1) is 0 Å². The molecule has 3 N–H and O–H groups in total. The first-order valence-electron chi connectivity index (χ1n) is 5.64. The monoisotopic (exact) mass is 296 g/mol. The molecule has 106 valence electrons. The van der Waals surface area contributed by atoms with Gasteiger partial charge in [-0.3, -0.25) is 4.72 Å². The third-order valence-corrected chi connectivity index (χ3v) is 3.97. The van der Waals surface area contributed by atoms with Crippen LogP contribution in [0.5, 0.6) is 5.75 Å². The van der Waals surface area contributed by atoms with Crippen LogP contribution in [0.2, 0.25) is 0 Å². The van der Waals surface area contributed by atoms with Gasteiger partial charge in [-0.2, -0.15) is 0 Å². The van der Waals surface area contributed by atoms with E-state index in [1.165, 1.54) is 43.5 Å². The van der Waals surface area contributed by atoms with E-state index in [0.29, 0.717) is 5.69 Å². The van der Waals surface area contributed by atoms with Crippen molar-refractivity contribution < 1.29 is 17.5 Å². The van der Waals surface area contributed by atoms with Crippen molar-refractivity contribution in [3.05, 3.63) is 48.3 Å². The van der Waals surface area contributed by atoms with Gasteiger partial charge in [0.1, 0.15) is 11.6 Å². The zero-order valence-electron chi connectivity index (χ0n) is 10.6. The summed E-state index contributed by atoms with van der Waals surface area (Å²) in [6.07, 6.45) is 0. The Labute approximate surface area is 116 Å². The standard InChI is InChI=1S/C13H13FN2O3S/c1-19-13-8-11(5-6-12(13)15)20(17,18)16-10-4-2-3-9(14)7-10/h2-8,16H,15H2,1H3. The van der Waals surface area contributed by atoms with Gasteiger partial charge in [0.15, 0.2) is 0 Å². The highest BCUT2D eigenvalue weighted by Gasteiger charge is 2.16. The van der Waals surface area contributed by atoms with E-state index < -0.39 is 15.8 Å². The molecule has 20 heavy (non-hydrogen) atoms. The average Bonchev–Trinajstić information content (AvgIpc) is 2.38. The minimum absolute atomic E-state index is 0.0205. The Kier molecular flexibility index (Phi) is 3.80. The van der Waals surface area contributed by atoms with Gasteiger partial charge in [-0.05, 0) is 30.3 Å². The number of nitrogens with one attached hydrogen (secondary N) is 1. The first-order valence-corrected chi connectivity index (χ1v) is 7.12. The van der Waals surface area contributed by atoms with Gasteiger partial charge in [0.2, 0.25) is 0 Å². The number of halogens is 1. The zero-order chi connectivity index (χ0) is 14.8. The number of nitrogen functional groups attached to an aromatic ring is 1. The molecule has 0 radical (unpaired) electrons. The Morgan fingerprint density at radius 1 is 1.20 bits per heavy atom. The van der Waals surface area contributed by atoms with Crippen molar-refractivity contribution in [2.24, 2.45) is 0 Å². The SMILES string of the molecule is COc1cc(S(=O)(=O)Nc2cccc(F)c2)ccc1N. The topological polar surface area (TPSA) is 81.4 Å². The lowest BCUT2D eigenvalue weighted by Gasteiger charge is -2.10. The van der Waals surface area contributed by atoms with Gasteiger partial charge in [-0.25, -0.2) is 12.8 Å². The highest BCUT2D eigenvalue weighted by atomic mass is 32.2. The van der Waals surface area contributed by atoms with Crippen molar-refractivity contribution in [1.82, 2.24) is 0 Å². The largest absolute Gasteiger partial charge is 0.495 e. The predicted octanol–water partition coefficient (Wildman–Crippen LogP) is 2.22. The molecule has 0 heterocycles. The molecule has 2 rings (SSSR count). The number of hydrogen-bond acceptors (Lipinski definition) is 4. The second kappa shape index (κ2) is 5.38. The fourth-order valence-electron chi connectivity index (χ4n) is 1.62. The number of rotatable bonds is 4. The van der Waals surface area contributed by atoms with E-state index in [4.69, 9.17) is 10.5 Å². The van der Waals surface area contributed by atoms with E-state index in [1.807, 2.05) is 0 Å². The molecule has 2 aromatic carbocycles. The highest BCUT2D eigenvalue weighted by molar-refractivity contribution is 7.92. The molecular weight excluding hydrogens is 283 g/mol. The van der Waals surface area contributed by atoms with E-state index in [-0.39, 0.29) is 16.3 Å². The first kappa shape index (κ1) is 14.1. The van der Waals surface area contributed by atoms with E-state index >= 15 is 0 Å². The van der Waals surface area contributed by atoms with Crippen LogP contribution in [0.4, 0.5) is 15.8 Å². The van der Waals surface area contributed by atoms with Crippen molar-refractivity contribution in [2.75, 3.05) is 17.6 Å². The lowest BCUT2D eigenvalue weighted by molar-refractivity contribution is 0.415. The maximum absolute atomic E-state index is 13.0. The number of sulfonamides is 1. The molecule has 0 aliphatic carbocycles. The van der Waals surface area contributed by atoms with Gasteiger partial charge in [-0.1, -0.05) is 6.07 Å². The van der Waals surface area contributed by atoms with E-state index in [9.17, 15) is 12.8 Å². The summed E-state index contributed by atoms with van der Waals surface area (Å²) in [5.74, 6) is -0.271. The average molecular weight is 296 g/mol. The first-order chi connectivity index (χ1) is 9.42. The molecule has 0 atom stereocenters. The third kappa shape index (κ3) is 3.00. The molecule has 0 aliphatic rings. The van der Waals surface area contributed by atoms with Crippen molar-refractivity contribution in [1.29, 1.82) is 0 Å². The Balaban J connectivity index is 2.35. The van der Waals surface area contributed by atoms with Crippen molar-refractivity contribution in [3.63, 3.8) is 0 Å². The molecule has 2 aromatic rings. The quantitative estimate of drug-likeness (QED) is 0.848. The van der Waals surface area contributed by atoms with Crippen LogP contribution in [-0.4, -0.2) is 15.5 Å². The molecule has 5 nitrogen and oxygen atoms in total. The molecule has 0 bridgehead atoms. The predicted molar refractivity (Wildman–Crippen MR) is 74.6 cm³/mol. The van der Waals surface area contributed by atoms with Crippen molar-refractivity contribution in [2.45, 2.75) is 4.90 Å². The Hall–Kier alpha value is -2.28. The van der Waals surface area contributed by atoms with Gasteiger partial charge in [0.05, 0.1) is 23.4 Å². The summed E-state index contributed by atoms with van der Waals surface area (Å²) < 4.78 is 44.6. The number of methoxy groups -OCH3 is 1. The van der Waals surface area contributed by atoms with Gasteiger partial charge < -0.3 is 10.5 Å². The molecule has 0 spiro atoms. The summed E-state index contributed by atoms with van der Waals surface area (Å²) in [6, 6.07) is 9.26. The third-order valence-electron chi connectivity index (χ3n) is 2.59. The van der Waals surface area contributed by atoms with E-state index in [2.05, 4.69) is 4.72 Å². The lowest BCUT2D eigenvalue weighted by atomic mass is 10.3. The highest BCUT2D eigenvalue weighted by Crippen LogP contribution is 2.26. The summed E-state index contributed by atoms with van der Waals surface area (Å²) in [5, 5.41) is 0. The summed E-state index contributed by atoms with van der Waals surface area (Å²) >= 11 is 0. The molecular formula is C13H13FN2O3S. The van der Waals surface area contributed by atoms with Crippen LogP contribution < -0.4 is 15.2 Å². The van der Waals surface area contributed by atoms with E-state index in [1.54, 1.807) is 0 Å². The van der Waals surface area contributed by atoms with Crippen LogP contribution in [0.15, 0.2) is 47.4 Å². The maximum Gasteiger partial charge on any atom is 0.262 e. The Morgan fingerprint density at radius 3 is 2.60 bits per heavy atom. The molecule has 7 heteroatoms. The van der Waals surface area contributed by atoms with Crippen LogP contribution >= 0.6 is 0 Å². The van der Waals surface area contributed by atoms with Gasteiger partial charge in [0, 0.05) is 6.07 Å². The minimum atomic E-state index is -3.83. The van der Waals surface area contributed by atoms with Crippen LogP contribution in [0.1, 0.15) is 0 Å². The molecule has 0 aliphatic heterocycles. The second-order valence-electron chi connectivity index (χ2n) is 4.02. The van der Waals surface area contributed by atoms with Crippen LogP contribution in [-0.2, 0) is 10.0 Å². The van der Waals surface area contributed by atoms with Crippen LogP contribution in [0, 0.1) is 5.82 Å². The summed E-state index contributed by atoms with van der Waals surface area (Å²) in [6.45, 7) is 0. The zero-order valence-corrected chi connectivity index (χ0v) is 11.4. The summed E-state index contributed by atoms with van der Waals surface area (Å²) in [4.78, 5) is -0.0205. The van der Waals surface area contributed by atoms with Crippen LogP contribution in [0.25, 0.3) is 0 Å². The summed E-state index contributed by atoms with van der Waals surface area (Å²) in [5.41, 5.74) is 6.10. The fraction of sp³-hybridized carbons (Fsp3) is 0.0769. The maximum atomic E-state index is 13.0. The number of benzene rings is 2. The van der Waals surface area contributed by atoms with E-state index in [0.717, 1.165) is 6.07 Å².